The number of hydrogen-bond acceptors (Lipinski definition) is 3. The molecule has 0 saturated heterocycles. The highest BCUT2D eigenvalue weighted by Gasteiger charge is 2.21. The van der Waals surface area contributed by atoms with Gasteiger partial charge in [-0.15, -0.1) is 0 Å². The van der Waals surface area contributed by atoms with Crippen molar-refractivity contribution in [1.82, 2.24) is 9.78 Å². The van der Waals surface area contributed by atoms with E-state index < -0.39 is 0 Å². The van der Waals surface area contributed by atoms with E-state index in [1.165, 1.54) is 41.8 Å². The maximum Gasteiger partial charge on any atom is 0.0966 e. The summed E-state index contributed by atoms with van der Waals surface area (Å²) >= 11 is 1.73. The summed E-state index contributed by atoms with van der Waals surface area (Å²) in [5.74, 6) is 0. The Hall–Kier alpha value is -1.13. The zero-order chi connectivity index (χ0) is 11.7. The maximum absolute atomic E-state index is 5.66. The molecule has 2 aromatic rings. The third-order valence-electron chi connectivity index (χ3n) is 3.39. The Balaban J connectivity index is 2.09. The first-order chi connectivity index (χ1) is 8.40. The van der Waals surface area contributed by atoms with Gasteiger partial charge in [0, 0.05) is 28.7 Å². The Kier molecular flexibility index (Phi) is 2.99. The minimum Gasteiger partial charge on any atom is -0.329 e. The first-order valence-electron chi connectivity index (χ1n) is 6.21. The highest BCUT2D eigenvalue weighted by molar-refractivity contribution is 7.08. The van der Waals surface area contributed by atoms with Gasteiger partial charge in [0.1, 0.15) is 0 Å². The van der Waals surface area contributed by atoms with Gasteiger partial charge in [0.2, 0.25) is 0 Å². The zero-order valence-electron chi connectivity index (χ0n) is 9.85. The lowest BCUT2D eigenvalue weighted by Gasteiger charge is -2.13. The third-order valence-corrected chi connectivity index (χ3v) is 4.08. The monoisotopic (exact) mass is 247 g/mol. The molecule has 2 aromatic heterocycles. The summed E-state index contributed by atoms with van der Waals surface area (Å²) in [6.45, 7) is 1.50. The van der Waals surface area contributed by atoms with Crippen molar-refractivity contribution in [2.24, 2.45) is 5.73 Å². The number of aromatic nitrogens is 2. The Morgan fingerprint density at radius 2 is 2.24 bits per heavy atom. The average molecular weight is 247 g/mol. The fraction of sp³-hybridized carbons (Fsp3) is 0.462. The van der Waals surface area contributed by atoms with Gasteiger partial charge in [0.25, 0.3) is 0 Å². The molecule has 1 aliphatic carbocycles. The quantitative estimate of drug-likeness (QED) is 0.905. The topological polar surface area (TPSA) is 43.8 Å². The van der Waals surface area contributed by atoms with Crippen LogP contribution in [0.25, 0.3) is 11.3 Å². The molecule has 0 aromatic carbocycles. The van der Waals surface area contributed by atoms with Crippen LogP contribution in [-0.4, -0.2) is 16.3 Å². The van der Waals surface area contributed by atoms with Crippen LogP contribution < -0.4 is 5.73 Å². The minimum absolute atomic E-state index is 0.664. The summed E-state index contributed by atoms with van der Waals surface area (Å²) in [5, 5.41) is 9.07. The summed E-state index contributed by atoms with van der Waals surface area (Å²) in [7, 11) is 0. The van der Waals surface area contributed by atoms with Crippen molar-refractivity contribution < 1.29 is 0 Å². The van der Waals surface area contributed by atoms with Gasteiger partial charge in [-0.2, -0.15) is 16.4 Å². The highest BCUT2D eigenvalue weighted by Crippen LogP contribution is 2.32. The first-order valence-corrected chi connectivity index (χ1v) is 7.15. The number of hydrogen-bond donors (Lipinski definition) is 1. The van der Waals surface area contributed by atoms with E-state index in [0.717, 1.165) is 13.0 Å². The molecular formula is C13H17N3S. The molecule has 0 atom stereocenters. The van der Waals surface area contributed by atoms with Gasteiger partial charge in [-0.3, -0.25) is 4.68 Å². The van der Waals surface area contributed by atoms with E-state index in [1.807, 2.05) is 0 Å². The van der Waals surface area contributed by atoms with Crippen molar-refractivity contribution >= 4 is 11.3 Å². The maximum atomic E-state index is 5.66. The van der Waals surface area contributed by atoms with E-state index in [1.54, 1.807) is 11.3 Å². The van der Waals surface area contributed by atoms with E-state index in [9.17, 15) is 0 Å². The van der Waals surface area contributed by atoms with Crippen LogP contribution in [-0.2, 0) is 19.4 Å². The lowest BCUT2D eigenvalue weighted by molar-refractivity contribution is 0.564. The molecule has 3 nitrogen and oxygen atoms in total. The molecular weight excluding hydrogens is 230 g/mol. The number of fused-ring (bicyclic) bond motifs is 1. The SMILES string of the molecule is NCCn1nc(-c2ccsc2)c2c1CCCC2. The van der Waals surface area contributed by atoms with E-state index in [0.29, 0.717) is 6.54 Å². The molecule has 0 bridgehead atoms. The number of nitrogens with two attached hydrogens (primary N) is 1. The van der Waals surface area contributed by atoms with E-state index >= 15 is 0 Å². The molecule has 0 amide bonds. The second-order valence-corrected chi connectivity index (χ2v) is 5.28. The molecule has 90 valence electrons. The Morgan fingerprint density at radius 3 is 3.00 bits per heavy atom. The number of nitrogens with zero attached hydrogens (tertiary/aromatic N) is 2. The molecule has 17 heavy (non-hydrogen) atoms. The molecule has 2 N–H and O–H groups in total. The van der Waals surface area contributed by atoms with Crippen LogP contribution in [0.15, 0.2) is 16.8 Å². The van der Waals surface area contributed by atoms with Crippen LogP contribution in [0.3, 0.4) is 0 Å². The molecule has 4 heteroatoms. The van der Waals surface area contributed by atoms with Crippen molar-refractivity contribution in [1.29, 1.82) is 0 Å². The van der Waals surface area contributed by atoms with Gasteiger partial charge in [0.15, 0.2) is 0 Å². The van der Waals surface area contributed by atoms with Gasteiger partial charge in [-0.25, -0.2) is 0 Å². The molecule has 0 radical (unpaired) electrons. The molecule has 0 aliphatic heterocycles. The fourth-order valence-corrected chi connectivity index (χ4v) is 3.25. The van der Waals surface area contributed by atoms with Crippen LogP contribution in [0.1, 0.15) is 24.1 Å². The van der Waals surface area contributed by atoms with Crippen molar-refractivity contribution in [3.63, 3.8) is 0 Å². The molecule has 0 saturated carbocycles. The van der Waals surface area contributed by atoms with Crippen LogP contribution in [0.5, 0.6) is 0 Å². The van der Waals surface area contributed by atoms with Crippen molar-refractivity contribution in [3.8, 4) is 11.3 Å². The average Bonchev–Trinajstić information content (AvgIpc) is 2.97. The lowest BCUT2D eigenvalue weighted by Crippen LogP contribution is -2.15. The van der Waals surface area contributed by atoms with Crippen LogP contribution in [0.4, 0.5) is 0 Å². The molecule has 2 heterocycles. The standard InChI is InChI=1S/C13H17N3S/c14-6-7-16-12-4-2-1-3-11(12)13(15-16)10-5-8-17-9-10/h5,8-9H,1-4,6-7,14H2. The van der Waals surface area contributed by atoms with Crippen LogP contribution in [0, 0.1) is 0 Å². The molecule has 3 rings (SSSR count). The molecule has 1 aliphatic rings. The summed E-state index contributed by atoms with van der Waals surface area (Å²) in [5.41, 5.74) is 11.0. The van der Waals surface area contributed by atoms with Crippen LogP contribution >= 0.6 is 11.3 Å². The number of rotatable bonds is 3. The van der Waals surface area contributed by atoms with E-state index in [-0.39, 0.29) is 0 Å². The predicted octanol–water partition coefficient (Wildman–Crippen LogP) is 2.45. The van der Waals surface area contributed by atoms with Gasteiger partial charge in [0.05, 0.1) is 12.2 Å². The zero-order valence-corrected chi connectivity index (χ0v) is 10.7. The molecule has 0 fully saturated rings. The summed E-state index contributed by atoms with van der Waals surface area (Å²) in [6, 6.07) is 2.16. The summed E-state index contributed by atoms with van der Waals surface area (Å²) < 4.78 is 2.13. The smallest absolute Gasteiger partial charge is 0.0966 e. The Bertz CT molecular complexity index is 499. The first kappa shape index (κ1) is 11.0. The molecule has 0 spiro atoms. The van der Waals surface area contributed by atoms with Gasteiger partial charge in [-0.1, -0.05) is 0 Å². The fourth-order valence-electron chi connectivity index (χ4n) is 2.61. The van der Waals surface area contributed by atoms with Gasteiger partial charge < -0.3 is 5.73 Å². The van der Waals surface area contributed by atoms with Gasteiger partial charge in [-0.05, 0) is 37.1 Å². The number of thiophene rings is 1. The van der Waals surface area contributed by atoms with E-state index in [2.05, 4.69) is 21.5 Å². The summed E-state index contributed by atoms with van der Waals surface area (Å²) in [6.07, 6.45) is 4.91. The van der Waals surface area contributed by atoms with E-state index in [4.69, 9.17) is 10.8 Å². The Labute approximate surface area is 105 Å². The van der Waals surface area contributed by atoms with Gasteiger partial charge >= 0.3 is 0 Å². The highest BCUT2D eigenvalue weighted by atomic mass is 32.1. The predicted molar refractivity (Wildman–Crippen MR) is 71.2 cm³/mol. The van der Waals surface area contributed by atoms with Crippen LogP contribution in [0.2, 0.25) is 0 Å². The van der Waals surface area contributed by atoms with Crippen molar-refractivity contribution in [2.75, 3.05) is 6.54 Å². The summed E-state index contributed by atoms with van der Waals surface area (Å²) in [4.78, 5) is 0. The second-order valence-electron chi connectivity index (χ2n) is 4.50. The largest absolute Gasteiger partial charge is 0.329 e. The Morgan fingerprint density at radius 1 is 1.35 bits per heavy atom. The minimum atomic E-state index is 0.664. The normalized spacial score (nSPS) is 14.9. The lowest BCUT2D eigenvalue weighted by atomic mass is 9.94. The molecule has 0 unspecified atom stereocenters. The second kappa shape index (κ2) is 4.63. The van der Waals surface area contributed by atoms with Crippen molar-refractivity contribution in [2.45, 2.75) is 32.2 Å². The third kappa shape index (κ3) is 1.91. The van der Waals surface area contributed by atoms with Crippen molar-refractivity contribution in [3.05, 3.63) is 28.1 Å².